The molecule has 6 rings (SSSR count). The van der Waals surface area contributed by atoms with Crippen LogP contribution in [0.2, 0.25) is 5.02 Å². The Labute approximate surface area is 289 Å². The molecular formula is C38H36ClN5O5. The third kappa shape index (κ3) is 8.46. The van der Waals surface area contributed by atoms with Gasteiger partial charge in [0.25, 0.3) is 11.8 Å². The van der Waals surface area contributed by atoms with E-state index >= 15 is 0 Å². The van der Waals surface area contributed by atoms with Crippen LogP contribution in [0.1, 0.15) is 55.9 Å². The van der Waals surface area contributed by atoms with Crippen LogP contribution in [0.15, 0.2) is 97.3 Å². The van der Waals surface area contributed by atoms with E-state index in [1.54, 1.807) is 47.0 Å². The van der Waals surface area contributed by atoms with Crippen LogP contribution in [0.4, 0.5) is 5.82 Å². The van der Waals surface area contributed by atoms with Crippen LogP contribution in [-0.4, -0.2) is 46.3 Å². The van der Waals surface area contributed by atoms with Gasteiger partial charge in [0.05, 0.1) is 5.69 Å². The zero-order valence-electron chi connectivity index (χ0n) is 26.9. The molecule has 1 saturated carbocycles. The van der Waals surface area contributed by atoms with Gasteiger partial charge in [-0.25, -0.2) is 4.98 Å². The standard InChI is InChI=1S/C38H36ClN5O5/c1-24-10-11-28(38(47)43-30-13-14-30)20-32(24)44-23-42-35(37(44)40)36(46)27-8-5-9-31(19-27)48-22-34(45)41-17-16-26-18-29(39)12-15-33(26)49-21-25-6-3-2-4-7-25/h2-12,15,18-20,23,30H,13-14,16-17,21-22,40H2,1H3,(H,41,45)(H,43,47). The summed E-state index contributed by atoms with van der Waals surface area (Å²) in [5.74, 6) is 0.312. The molecular weight excluding hydrogens is 642 g/mol. The molecule has 2 amide bonds. The molecule has 5 aromatic rings. The van der Waals surface area contributed by atoms with Gasteiger partial charge in [0.15, 0.2) is 12.3 Å². The van der Waals surface area contributed by atoms with Crippen molar-refractivity contribution in [3.63, 3.8) is 0 Å². The zero-order valence-corrected chi connectivity index (χ0v) is 27.7. The summed E-state index contributed by atoms with van der Waals surface area (Å²) < 4.78 is 13.3. The third-order valence-electron chi connectivity index (χ3n) is 8.11. The van der Waals surface area contributed by atoms with Crippen molar-refractivity contribution in [2.45, 2.75) is 38.8 Å². The molecule has 4 N–H and O–H groups in total. The van der Waals surface area contributed by atoms with Crippen LogP contribution in [-0.2, 0) is 17.8 Å². The molecule has 1 aliphatic rings. The fourth-order valence-corrected chi connectivity index (χ4v) is 5.45. The number of aryl methyl sites for hydroxylation is 1. The van der Waals surface area contributed by atoms with Crippen LogP contribution < -0.4 is 25.8 Å². The number of nitrogen functional groups attached to an aromatic ring is 1. The molecule has 1 heterocycles. The van der Waals surface area contributed by atoms with E-state index in [4.69, 9.17) is 26.8 Å². The lowest BCUT2D eigenvalue weighted by Crippen LogP contribution is -2.30. The first-order valence-electron chi connectivity index (χ1n) is 16.0. The Balaban J connectivity index is 1.04. The Morgan fingerprint density at radius 3 is 2.55 bits per heavy atom. The Morgan fingerprint density at radius 1 is 0.939 bits per heavy atom. The number of rotatable bonds is 14. The number of imidazole rings is 1. The average Bonchev–Trinajstić information content (AvgIpc) is 3.85. The van der Waals surface area contributed by atoms with Crippen LogP contribution in [0, 0.1) is 6.92 Å². The van der Waals surface area contributed by atoms with Crippen LogP contribution in [0.3, 0.4) is 0 Å². The largest absolute Gasteiger partial charge is 0.489 e. The lowest BCUT2D eigenvalue weighted by atomic mass is 10.1. The van der Waals surface area contributed by atoms with Gasteiger partial charge >= 0.3 is 0 Å². The van der Waals surface area contributed by atoms with E-state index in [0.717, 1.165) is 29.5 Å². The lowest BCUT2D eigenvalue weighted by Gasteiger charge is -2.13. The fraction of sp³-hybridized carbons (Fsp3) is 0.211. The summed E-state index contributed by atoms with van der Waals surface area (Å²) in [6, 6.07) is 27.4. The molecule has 0 spiro atoms. The molecule has 0 saturated heterocycles. The number of carbonyl (C=O) groups is 3. The summed E-state index contributed by atoms with van der Waals surface area (Å²) in [4.78, 5) is 43.0. The molecule has 4 aromatic carbocycles. The summed E-state index contributed by atoms with van der Waals surface area (Å²) in [6.07, 6.45) is 3.95. The lowest BCUT2D eigenvalue weighted by molar-refractivity contribution is -0.123. The molecule has 49 heavy (non-hydrogen) atoms. The van der Waals surface area contributed by atoms with Crippen molar-refractivity contribution < 1.29 is 23.9 Å². The molecule has 11 heteroatoms. The summed E-state index contributed by atoms with van der Waals surface area (Å²) in [7, 11) is 0. The minimum atomic E-state index is -0.404. The molecule has 10 nitrogen and oxygen atoms in total. The Hall–Kier alpha value is -5.61. The Kier molecular flexibility index (Phi) is 10.2. The number of hydrogen-bond donors (Lipinski definition) is 3. The number of hydrogen-bond acceptors (Lipinski definition) is 7. The number of benzene rings is 4. The fourth-order valence-electron chi connectivity index (χ4n) is 5.25. The van der Waals surface area contributed by atoms with Crippen molar-refractivity contribution in [1.29, 1.82) is 0 Å². The van der Waals surface area contributed by atoms with E-state index in [-0.39, 0.29) is 36.0 Å². The van der Waals surface area contributed by atoms with E-state index in [2.05, 4.69) is 15.6 Å². The summed E-state index contributed by atoms with van der Waals surface area (Å²) in [6.45, 7) is 2.41. The van der Waals surface area contributed by atoms with Gasteiger partial charge < -0.3 is 25.8 Å². The molecule has 0 radical (unpaired) electrons. The van der Waals surface area contributed by atoms with Gasteiger partial charge in [0.2, 0.25) is 5.78 Å². The van der Waals surface area contributed by atoms with Gasteiger partial charge in [-0.1, -0.05) is 60.1 Å². The molecule has 0 aliphatic heterocycles. The highest BCUT2D eigenvalue weighted by Crippen LogP contribution is 2.27. The van der Waals surface area contributed by atoms with Gasteiger partial charge in [-0.05, 0) is 85.3 Å². The highest BCUT2D eigenvalue weighted by atomic mass is 35.5. The third-order valence-corrected chi connectivity index (χ3v) is 8.34. The number of nitrogens with one attached hydrogen (secondary N) is 2. The molecule has 250 valence electrons. The molecule has 0 bridgehead atoms. The van der Waals surface area contributed by atoms with E-state index < -0.39 is 5.78 Å². The first-order chi connectivity index (χ1) is 23.7. The maximum absolute atomic E-state index is 13.5. The molecule has 1 aromatic heterocycles. The Bertz CT molecular complexity index is 1990. The van der Waals surface area contributed by atoms with E-state index in [9.17, 15) is 14.4 Å². The SMILES string of the molecule is Cc1ccc(C(=O)NC2CC2)cc1-n1cnc(C(=O)c2cccc(OCC(=O)NCCc3cc(Cl)ccc3OCc3ccccc3)c2)c1N. The number of anilines is 1. The maximum Gasteiger partial charge on any atom is 0.257 e. The first kappa shape index (κ1) is 33.3. The van der Waals surface area contributed by atoms with Crippen molar-refractivity contribution in [2.75, 3.05) is 18.9 Å². The number of nitrogens with zero attached hydrogens (tertiary/aromatic N) is 2. The number of aromatic nitrogens is 2. The number of halogens is 1. The monoisotopic (exact) mass is 677 g/mol. The molecule has 0 unspecified atom stereocenters. The number of amides is 2. The second-order valence-corrected chi connectivity index (χ2v) is 12.3. The van der Waals surface area contributed by atoms with Crippen molar-refractivity contribution >= 4 is 35.0 Å². The minimum Gasteiger partial charge on any atom is -0.489 e. The van der Waals surface area contributed by atoms with Gasteiger partial charge in [-0.2, -0.15) is 0 Å². The van der Waals surface area contributed by atoms with Crippen molar-refractivity contribution in [2.24, 2.45) is 0 Å². The second-order valence-electron chi connectivity index (χ2n) is 11.9. The quantitative estimate of drug-likeness (QED) is 0.125. The zero-order chi connectivity index (χ0) is 34.3. The summed E-state index contributed by atoms with van der Waals surface area (Å²) in [5.41, 5.74) is 10.7. The topological polar surface area (TPSA) is 138 Å². The second kappa shape index (κ2) is 15.1. The van der Waals surface area contributed by atoms with Gasteiger partial charge in [0.1, 0.15) is 30.3 Å². The minimum absolute atomic E-state index is 0.0651. The van der Waals surface area contributed by atoms with Crippen molar-refractivity contribution in [3.05, 3.63) is 136 Å². The number of ketones is 1. The summed E-state index contributed by atoms with van der Waals surface area (Å²) in [5, 5.41) is 6.42. The number of nitrogens with two attached hydrogens (primary N) is 1. The molecule has 1 fully saturated rings. The van der Waals surface area contributed by atoms with Gasteiger partial charge in [0, 0.05) is 28.7 Å². The number of ether oxygens (including phenoxy) is 2. The van der Waals surface area contributed by atoms with Crippen LogP contribution in [0.25, 0.3) is 5.69 Å². The van der Waals surface area contributed by atoms with E-state index in [0.29, 0.717) is 52.9 Å². The van der Waals surface area contributed by atoms with Crippen molar-refractivity contribution in [1.82, 2.24) is 20.2 Å². The average molecular weight is 678 g/mol. The van der Waals surface area contributed by atoms with Crippen LogP contribution >= 0.6 is 11.6 Å². The van der Waals surface area contributed by atoms with E-state index in [1.165, 1.54) is 6.33 Å². The van der Waals surface area contributed by atoms with E-state index in [1.807, 2.05) is 55.5 Å². The first-order valence-corrected chi connectivity index (χ1v) is 16.4. The predicted molar refractivity (Wildman–Crippen MR) is 188 cm³/mol. The maximum atomic E-state index is 13.5. The molecule has 0 atom stereocenters. The Morgan fingerprint density at radius 2 is 1.76 bits per heavy atom. The number of carbonyl (C=O) groups excluding carboxylic acids is 3. The smallest absolute Gasteiger partial charge is 0.257 e. The van der Waals surface area contributed by atoms with Gasteiger partial charge in [-0.15, -0.1) is 0 Å². The predicted octanol–water partition coefficient (Wildman–Crippen LogP) is 5.86. The molecule has 1 aliphatic carbocycles. The highest BCUT2D eigenvalue weighted by molar-refractivity contribution is 6.30. The van der Waals surface area contributed by atoms with Gasteiger partial charge in [-0.3, -0.25) is 19.0 Å². The van der Waals surface area contributed by atoms with Crippen LogP contribution in [0.5, 0.6) is 11.5 Å². The highest BCUT2D eigenvalue weighted by Gasteiger charge is 2.25. The normalized spacial score (nSPS) is 12.3. The summed E-state index contributed by atoms with van der Waals surface area (Å²) >= 11 is 6.23. The van der Waals surface area contributed by atoms with Crippen molar-refractivity contribution in [3.8, 4) is 17.2 Å².